The number of hydrogen-bond donors (Lipinski definition) is 0. The predicted octanol–water partition coefficient (Wildman–Crippen LogP) is 2.42. The summed E-state index contributed by atoms with van der Waals surface area (Å²) in [5.74, 6) is -1.13. The molecule has 0 radical (unpaired) electrons. The lowest BCUT2D eigenvalue weighted by atomic mass is 10.2. The summed E-state index contributed by atoms with van der Waals surface area (Å²) in [5.41, 5.74) is 1.03. The van der Waals surface area contributed by atoms with E-state index in [4.69, 9.17) is 0 Å². The van der Waals surface area contributed by atoms with Gasteiger partial charge >= 0.3 is 0 Å². The minimum atomic E-state index is -0.565. The third-order valence-electron chi connectivity index (χ3n) is 1.74. The third-order valence-corrected chi connectivity index (χ3v) is 1.74. The van der Waals surface area contributed by atoms with Gasteiger partial charge in [0.2, 0.25) is 11.9 Å². The van der Waals surface area contributed by atoms with Crippen LogP contribution in [0.1, 0.15) is 0 Å². The average Bonchev–Trinajstić information content (AvgIpc) is 2.19. The zero-order chi connectivity index (χ0) is 9.97. The van der Waals surface area contributed by atoms with Gasteiger partial charge in [-0.15, -0.1) is 0 Å². The van der Waals surface area contributed by atoms with Gasteiger partial charge in [0.1, 0.15) is 0 Å². The van der Waals surface area contributed by atoms with Crippen LogP contribution in [0.3, 0.4) is 0 Å². The highest BCUT2D eigenvalue weighted by Gasteiger charge is 2.01. The summed E-state index contributed by atoms with van der Waals surface area (Å²) in [6, 6.07) is 7.14. The van der Waals surface area contributed by atoms with Crippen LogP contribution in [-0.2, 0) is 0 Å². The first kappa shape index (κ1) is 8.74. The fourth-order valence-corrected chi connectivity index (χ4v) is 1.10. The standard InChI is InChI=1S/C10H6F2N2/c11-9-5-4-7(6-13-9)8-2-1-3-10(12)14-8/h1-6H. The molecule has 70 valence electrons. The maximum absolute atomic E-state index is 12.7. The summed E-state index contributed by atoms with van der Waals surface area (Å²) in [7, 11) is 0. The highest BCUT2D eigenvalue weighted by Crippen LogP contribution is 2.15. The van der Waals surface area contributed by atoms with Crippen molar-refractivity contribution in [2.75, 3.05) is 0 Å². The van der Waals surface area contributed by atoms with Crippen LogP contribution in [0.15, 0.2) is 36.5 Å². The number of aromatic nitrogens is 2. The second kappa shape index (κ2) is 3.49. The Morgan fingerprint density at radius 2 is 1.79 bits per heavy atom. The Hall–Kier alpha value is -1.84. The van der Waals surface area contributed by atoms with Crippen LogP contribution in [0, 0.1) is 11.9 Å². The zero-order valence-corrected chi connectivity index (χ0v) is 7.11. The molecular weight excluding hydrogens is 186 g/mol. The van der Waals surface area contributed by atoms with E-state index in [2.05, 4.69) is 9.97 Å². The molecule has 14 heavy (non-hydrogen) atoms. The molecule has 2 heterocycles. The summed E-state index contributed by atoms with van der Waals surface area (Å²) in [6.07, 6.45) is 1.32. The molecule has 0 atom stereocenters. The molecule has 2 aromatic heterocycles. The quantitative estimate of drug-likeness (QED) is 0.648. The molecule has 0 saturated heterocycles. The fourth-order valence-electron chi connectivity index (χ4n) is 1.10. The smallest absolute Gasteiger partial charge is 0.213 e. The van der Waals surface area contributed by atoms with Gasteiger partial charge in [-0.2, -0.15) is 8.78 Å². The lowest BCUT2D eigenvalue weighted by Crippen LogP contribution is -1.88. The Morgan fingerprint density at radius 3 is 2.43 bits per heavy atom. The van der Waals surface area contributed by atoms with Gasteiger partial charge in [0.05, 0.1) is 5.69 Å². The van der Waals surface area contributed by atoms with Crippen LogP contribution in [0.5, 0.6) is 0 Å². The molecule has 0 spiro atoms. The number of rotatable bonds is 1. The van der Waals surface area contributed by atoms with Crippen LogP contribution >= 0.6 is 0 Å². The molecule has 2 rings (SSSR count). The number of pyridine rings is 2. The van der Waals surface area contributed by atoms with E-state index in [-0.39, 0.29) is 0 Å². The molecule has 0 fully saturated rings. The van der Waals surface area contributed by atoms with Crippen molar-refractivity contribution in [2.24, 2.45) is 0 Å². The van der Waals surface area contributed by atoms with Crippen molar-refractivity contribution in [3.05, 3.63) is 48.4 Å². The van der Waals surface area contributed by atoms with Gasteiger partial charge in [-0.25, -0.2) is 9.97 Å². The predicted molar refractivity (Wildman–Crippen MR) is 47.4 cm³/mol. The molecule has 2 aromatic rings. The minimum absolute atomic E-state index is 0.442. The average molecular weight is 192 g/mol. The van der Waals surface area contributed by atoms with Crippen LogP contribution in [0.2, 0.25) is 0 Å². The molecule has 0 N–H and O–H groups in total. The second-order valence-corrected chi connectivity index (χ2v) is 2.72. The Morgan fingerprint density at radius 1 is 0.929 bits per heavy atom. The Kier molecular flexibility index (Phi) is 2.18. The lowest BCUT2D eigenvalue weighted by Gasteiger charge is -1.98. The SMILES string of the molecule is Fc1ccc(-c2cccc(F)n2)cn1. The van der Waals surface area contributed by atoms with E-state index in [9.17, 15) is 8.78 Å². The fraction of sp³-hybridized carbons (Fsp3) is 0. The van der Waals surface area contributed by atoms with Crippen molar-refractivity contribution in [1.82, 2.24) is 9.97 Å². The Labute approximate surface area is 79.3 Å². The first-order chi connectivity index (χ1) is 6.75. The second-order valence-electron chi connectivity index (χ2n) is 2.72. The van der Waals surface area contributed by atoms with E-state index < -0.39 is 11.9 Å². The highest BCUT2D eigenvalue weighted by molar-refractivity contribution is 5.56. The van der Waals surface area contributed by atoms with Gasteiger partial charge in [0.25, 0.3) is 0 Å². The first-order valence-electron chi connectivity index (χ1n) is 4.00. The zero-order valence-electron chi connectivity index (χ0n) is 7.11. The normalized spacial score (nSPS) is 10.1. The molecule has 0 bridgehead atoms. The van der Waals surface area contributed by atoms with Gasteiger partial charge < -0.3 is 0 Å². The Balaban J connectivity index is 2.44. The van der Waals surface area contributed by atoms with Crippen LogP contribution in [0.4, 0.5) is 8.78 Å². The van der Waals surface area contributed by atoms with E-state index in [1.54, 1.807) is 12.1 Å². The van der Waals surface area contributed by atoms with Crippen LogP contribution in [0.25, 0.3) is 11.3 Å². The molecule has 0 aliphatic carbocycles. The van der Waals surface area contributed by atoms with Gasteiger partial charge in [0, 0.05) is 11.8 Å². The van der Waals surface area contributed by atoms with Gasteiger partial charge in [-0.05, 0) is 24.3 Å². The van der Waals surface area contributed by atoms with Crippen LogP contribution in [-0.4, -0.2) is 9.97 Å². The summed E-state index contributed by atoms with van der Waals surface area (Å²) in [5, 5.41) is 0. The number of nitrogens with zero attached hydrogens (tertiary/aromatic N) is 2. The molecular formula is C10H6F2N2. The summed E-state index contributed by atoms with van der Waals surface area (Å²) < 4.78 is 25.2. The largest absolute Gasteiger partial charge is 0.228 e. The summed E-state index contributed by atoms with van der Waals surface area (Å²) in [4.78, 5) is 7.10. The third kappa shape index (κ3) is 1.74. The molecule has 0 aliphatic heterocycles. The maximum atomic E-state index is 12.7. The number of hydrogen-bond acceptors (Lipinski definition) is 2. The Bertz CT molecular complexity index is 440. The molecule has 0 unspecified atom stereocenters. The molecule has 0 aliphatic rings. The monoisotopic (exact) mass is 192 g/mol. The minimum Gasteiger partial charge on any atom is -0.228 e. The van der Waals surface area contributed by atoms with Gasteiger partial charge in [-0.1, -0.05) is 6.07 Å². The molecule has 4 heteroatoms. The lowest BCUT2D eigenvalue weighted by molar-refractivity contribution is 0.582. The molecule has 0 amide bonds. The molecule has 0 aromatic carbocycles. The van der Waals surface area contributed by atoms with Crippen molar-refractivity contribution in [1.29, 1.82) is 0 Å². The maximum Gasteiger partial charge on any atom is 0.213 e. The van der Waals surface area contributed by atoms with Crippen molar-refractivity contribution in [2.45, 2.75) is 0 Å². The van der Waals surface area contributed by atoms with E-state index in [1.165, 1.54) is 24.4 Å². The van der Waals surface area contributed by atoms with Crippen molar-refractivity contribution in [3.8, 4) is 11.3 Å². The van der Waals surface area contributed by atoms with Crippen molar-refractivity contribution >= 4 is 0 Å². The van der Waals surface area contributed by atoms with Crippen LogP contribution < -0.4 is 0 Å². The summed E-state index contributed by atoms with van der Waals surface area (Å²) in [6.45, 7) is 0. The summed E-state index contributed by atoms with van der Waals surface area (Å²) >= 11 is 0. The van der Waals surface area contributed by atoms with E-state index in [0.717, 1.165) is 0 Å². The van der Waals surface area contributed by atoms with Crippen molar-refractivity contribution in [3.63, 3.8) is 0 Å². The van der Waals surface area contributed by atoms with Gasteiger partial charge in [-0.3, -0.25) is 0 Å². The highest BCUT2D eigenvalue weighted by atomic mass is 19.1. The van der Waals surface area contributed by atoms with E-state index in [1.807, 2.05) is 0 Å². The van der Waals surface area contributed by atoms with E-state index in [0.29, 0.717) is 11.3 Å². The van der Waals surface area contributed by atoms with Gasteiger partial charge in [0.15, 0.2) is 0 Å². The molecule has 2 nitrogen and oxygen atoms in total. The topological polar surface area (TPSA) is 25.8 Å². The number of halogens is 2. The van der Waals surface area contributed by atoms with E-state index >= 15 is 0 Å². The molecule has 0 saturated carbocycles. The van der Waals surface area contributed by atoms with Crippen molar-refractivity contribution < 1.29 is 8.78 Å². The first-order valence-corrected chi connectivity index (χ1v) is 4.00.